The highest BCUT2D eigenvalue weighted by atomic mass is 79.9. The van der Waals surface area contributed by atoms with E-state index >= 15 is 0 Å². The average Bonchev–Trinajstić information content (AvgIpc) is 2.41. The molecule has 0 aliphatic heterocycles. The van der Waals surface area contributed by atoms with E-state index in [4.69, 9.17) is 5.11 Å². The summed E-state index contributed by atoms with van der Waals surface area (Å²) in [7, 11) is -3.95. The van der Waals surface area contributed by atoms with Crippen LogP contribution >= 0.6 is 15.9 Å². The van der Waals surface area contributed by atoms with Gasteiger partial charge in [0.15, 0.2) is 0 Å². The van der Waals surface area contributed by atoms with Crippen molar-refractivity contribution < 1.29 is 18.3 Å². The molecule has 0 saturated carbocycles. The number of sulfonamides is 1. The summed E-state index contributed by atoms with van der Waals surface area (Å²) in [6.45, 7) is 1.72. The third-order valence-electron chi connectivity index (χ3n) is 2.71. The summed E-state index contributed by atoms with van der Waals surface area (Å²) >= 11 is 3.11. The molecule has 1 aromatic heterocycles. The van der Waals surface area contributed by atoms with Crippen LogP contribution in [0.2, 0.25) is 0 Å². The number of halogens is 1. The van der Waals surface area contributed by atoms with Crippen molar-refractivity contribution in [3.8, 4) is 0 Å². The van der Waals surface area contributed by atoms with Gasteiger partial charge in [-0.3, -0.25) is 4.72 Å². The molecule has 2 aromatic rings. The van der Waals surface area contributed by atoms with Crippen LogP contribution in [0.3, 0.4) is 0 Å². The van der Waals surface area contributed by atoms with Gasteiger partial charge in [-0.1, -0.05) is 6.07 Å². The molecule has 0 spiro atoms. The quantitative estimate of drug-likeness (QED) is 0.862. The zero-order chi connectivity index (χ0) is 15.6. The molecule has 0 unspecified atom stereocenters. The number of carbonyl (C=O) groups is 1. The zero-order valence-electron chi connectivity index (χ0n) is 10.9. The molecule has 1 aromatic carbocycles. The Balaban J connectivity index is 2.47. The minimum atomic E-state index is -3.95. The van der Waals surface area contributed by atoms with Crippen molar-refractivity contribution in [2.24, 2.45) is 0 Å². The summed E-state index contributed by atoms with van der Waals surface area (Å²) in [5, 5.41) is 8.96. The number of nitrogens with zero attached hydrogens (tertiary/aromatic N) is 1. The Bertz CT molecular complexity index is 806. The fourth-order valence-electron chi connectivity index (χ4n) is 1.62. The van der Waals surface area contributed by atoms with Gasteiger partial charge >= 0.3 is 5.97 Å². The molecule has 2 rings (SSSR count). The van der Waals surface area contributed by atoms with Gasteiger partial charge in [0.2, 0.25) is 0 Å². The molecule has 6 nitrogen and oxygen atoms in total. The first kappa shape index (κ1) is 15.5. The number of rotatable bonds is 4. The van der Waals surface area contributed by atoms with E-state index in [9.17, 15) is 13.2 Å². The monoisotopic (exact) mass is 370 g/mol. The Kier molecular flexibility index (Phi) is 4.29. The normalized spacial score (nSPS) is 11.1. The van der Waals surface area contributed by atoms with Crippen molar-refractivity contribution in [3.63, 3.8) is 0 Å². The van der Waals surface area contributed by atoms with Crippen LogP contribution in [-0.4, -0.2) is 24.5 Å². The summed E-state index contributed by atoms with van der Waals surface area (Å²) < 4.78 is 27.4. The van der Waals surface area contributed by atoms with Crippen LogP contribution in [-0.2, 0) is 10.0 Å². The number of aromatic nitrogens is 1. The first-order valence-electron chi connectivity index (χ1n) is 5.78. The second kappa shape index (κ2) is 5.82. The molecule has 2 N–H and O–H groups in total. The molecule has 0 saturated heterocycles. The Morgan fingerprint density at radius 3 is 2.67 bits per heavy atom. The number of anilines is 1. The maximum atomic E-state index is 12.4. The highest BCUT2D eigenvalue weighted by Crippen LogP contribution is 2.25. The lowest BCUT2D eigenvalue weighted by atomic mass is 10.2. The molecule has 0 aliphatic carbocycles. The molecule has 0 aliphatic rings. The Morgan fingerprint density at radius 1 is 1.33 bits per heavy atom. The lowest BCUT2D eigenvalue weighted by Gasteiger charge is -2.11. The van der Waals surface area contributed by atoms with E-state index in [1.807, 2.05) is 0 Å². The molecule has 0 amide bonds. The highest BCUT2D eigenvalue weighted by Gasteiger charge is 2.21. The topological polar surface area (TPSA) is 96.4 Å². The summed E-state index contributed by atoms with van der Waals surface area (Å²) in [4.78, 5) is 14.8. The molecule has 21 heavy (non-hydrogen) atoms. The smallest absolute Gasteiger partial charge is 0.335 e. The fraction of sp³-hybridized carbons (Fsp3) is 0.0769. The van der Waals surface area contributed by atoms with E-state index in [0.29, 0.717) is 5.56 Å². The van der Waals surface area contributed by atoms with Crippen LogP contribution in [0.1, 0.15) is 15.9 Å². The molecular weight excluding hydrogens is 360 g/mol. The SMILES string of the molecule is Cc1cccnc1NS(=O)(=O)c1cc(C(=O)O)ccc1Br. The maximum absolute atomic E-state index is 12.4. The minimum Gasteiger partial charge on any atom is -0.478 e. The van der Waals surface area contributed by atoms with Gasteiger partial charge in [-0.15, -0.1) is 0 Å². The Morgan fingerprint density at radius 2 is 2.05 bits per heavy atom. The number of benzene rings is 1. The van der Waals surface area contributed by atoms with Gasteiger partial charge < -0.3 is 5.11 Å². The standard InChI is InChI=1S/C13H11BrN2O4S/c1-8-3-2-6-15-12(8)16-21(19,20)11-7-9(13(17)18)4-5-10(11)14/h2-7H,1H3,(H,15,16)(H,17,18). The molecular formula is C13H11BrN2O4S. The number of nitrogens with one attached hydrogen (secondary N) is 1. The van der Waals surface area contributed by atoms with Gasteiger partial charge in [0.1, 0.15) is 10.7 Å². The van der Waals surface area contributed by atoms with Gasteiger partial charge in [0.25, 0.3) is 10.0 Å². The van der Waals surface area contributed by atoms with Gasteiger partial charge in [0, 0.05) is 10.7 Å². The predicted octanol–water partition coefficient (Wildman–Crippen LogP) is 2.65. The van der Waals surface area contributed by atoms with Crippen LogP contribution in [0.5, 0.6) is 0 Å². The van der Waals surface area contributed by atoms with Crippen molar-refractivity contribution >= 4 is 37.7 Å². The number of carboxylic acid groups (broad SMARTS) is 1. The Labute approximate surface area is 130 Å². The van der Waals surface area contributed by atoms with Gasteiger partial charge in [-0.05, 0) is 52.7 Å². The summed E-state index contributed by atoms with van der Waals surface area (Å²) in [6, 6.07) is 7.19. The van der Waals surface area contributed by atoms with E-state index in [1.54, 1.807) is 19.1 Å². The van der Waals surface area contributed by atoms with Gasteiger partial charge in [-0.25, -0.2) is 18.2 Å². The van der Waals surface area contributed by atoms with E-state index in [2.05, 4.69) is 25.6 Å². The largest absolute Gasteiger partial charge is 0.478 e. The molecule has 0 radical (unpaired) electrons. The molecule has 8 heteroatoms. The number of aromatic carboxylic acids is 1. The van der Waals surface area contributed by atoms with Crippen molar-refractivity contribution in [2.75, 3.05) is 4.72 Å². The van der Waals surface area contributed by atoms with Crippen LogP contribution in [0.15, 0.2) is 45.9 Å². The van der Waals surface area contributed by atoms with Crippen LogP contribution in [0, 0.1) is 6.92 Å². The van der Waals surface area contributed by atoms with E-state index in [0.717, 1.165) is 6.07 Å². The van der Waals surface area contributed by atoms with Crippen molar-refractivity contribution in [1.82, 2.24) is 4.98 Å². The van der Waals surface area contributed by atoms with Crippen LogP contribution in [0.4, 0.5) is 5.82 Å². The third-order valence-corrected chi connectivity index (χ3v) is 5.04. The average molecular weight is 371 g/mol. The van der Waals surface area contributed by atoms with Gasteiger partial charge in [-0.2, -0.15) is 0 Å². The van der Waals surface area contributed by atoms with Crippen molar-refractivity contribution in [1.29, 1.82) is 0 Å². The van der Waals surface area contributed by atoms with E-state index in [-0.39, 0.29) is 20.7 Å². The number of pyridine rings is 1. The second-order valence-corrected chi connectivity index (χ2v) is 6.73. The number of carboxylic acids is 1. The lowest BCUT2D eigenvalue weighted by molar-refractivity contribution is 0.0696. The van der Waals surface area contributed by atoms with Crippen LogP contribution in [0.25, 0.3) is 0 Å². The molecule has 0 atom stereocenters. The fourth-order valence-corrected chi connectivity index (χ4v) is 3.69. The maximum Gasteiger partial charge on any atom is 0.335 e. The van der Waals surface area contributed by atoms with E-state index < -0.39 is 16.0 Å². The van der Waals surface area contributed by atoms with Crippen molar-refractivity contribution in [3.05, 3.63) is 52.1 Å². The number of hydrogen-bond acceptors (Lipinski definition) is 4. The number of aryl methyl sites for hydroxylation is 1. The second-order valence-electron chi connectivity index (χ2n) is 4.22. The molecule has 0 bridgehead atoms. The Hall–Kier alpha value is -1.93. The van der Waals surface area contributed by atoms with Crippen molar-refractivity contribution in [2.45, 2.75) is 11.8 Å². The molecule has 0 fully saturated rings. The highest BCUT2D eigenvalue weighted by molar-refractivity contribution is 9.10. The predicted molar refractivity (Wildman–Crippen MR) is 80.9 cm³/mol. The summed E-state index contributed by atoms with van der Waals surface area (Å²) in [6.07, 6.45) is 1.47. The summed E-state index contributed by atoms with van der Waals surface area (Å²) in [5.41, 5.74) is 0.544. The zero-order valence-corrected chi connectivity index (χ0v) is 13.3. The third kappa shape index (κ3) is 3.40. The molecule has 110 valence electrons. The first-order valence-corrected chi connectivity index (χ1v) is 8.06. The van der Waals surface area contributed by atoms with Gasteiger partial charge in [0.05, 0.1) is 5.56 Å². The lowest BCUT2D eigenvalue weighted by Crippen LogP contribution is -2.16. The number of hydrogen-bond donors (Lipinski definition) is 2. The molecule has 1 heterocycles. The summed E-state index contributed by atoms with van der Waals surface area (Å²) in [5.74, 6) is -1.00. The first-order chi connectivity index (χ1) is 9.81. The van der Waals surface area contributed by atoms with E-state index in [1.165, 1.54) is 18.3 Å². The minimum absolute atomic E-state index is 0.115. The van der Waals surface area contributed by atoms with Crippen LogP contribution < -0.4 is 4.72 Å².